The number of nitrogens with zero attached hydrogens (tertiary/aromatic N) is 1. The van der Waals surface area contributed by atoms with Crippen LogP contribution in [0, 0.1) is 19.3 Å². The summed E-state index contributed by atoms with van der Waals surface area (Å²) in [5, 5.41) is 0. The van der Waals surface area contributed by atoms with Crippen LogP contribution < -0.4 is 5.73 Å². The molecule has 1 aromatic rings. The van der Waals surface area contributed by atoms with Gasteiger partial charge in [0.05, 0.1) is 11.2 Å². The SMILES string of the molecule is Cc1nc(C2(N)CC2(C)C)oc1C. The lowest BCUT2D eigenvalue weighted by Crippen LogP contribution is -2.25. The molecule has 3 nitrogen and oxygen atoms in total. The van der Waals surface area contributed by atoms with Crippen LogP contribution in [0.5, 0.6) is 0 Å². The molecule has 2 rings (SSSR count). The smallest absolute Gasteiger partial charge is 0.215 e. The van der Waals surface area contributed by atoms with Crippen molar-refractivity contribution in [2.24, 2.45) is 11.1 Å². The zero-order valence-corrected chi connectivity index (χ0v) is 8.64. The predicted molar refractivity (Wildman–Crippen MR) is 50.2 cm³/mol. The molecule has 0 radical (unpaired) electrons. The second kappa shape index (κ2) is 2.15. The van der Waals surface area contributed by atoms with Gasteiger partial charge in [0.1, 0.15) is 5.76 Å². The van der Waals surface area contributed by atoms with Gasteiger partial charge in [0, 0.05) is 0 Å². The Morgan fingerprint density at radius 1 is 1.38 bits per heavy atom. The van der Waals surface area contributed by atoms with E-state index < -0.39 is 0 Å². The van der Waals surface area contributed by atoms with Crippen LogP contribution in [0.1, 0.15) is 37.6 Å². The minimum Gasteiger partial charge on any atom is -0.444 e. The number of hydrogen-bond acceptors (Lipinski definition) is 3. The Bertz CT molecular complexity index is 334. The van der Waals surface area contributed by atoms with Crippen molar-refractivity contribution in [1.29, 1.82) is 0 Å². The Labute approximate surface area is 78.3 Å². The normalized spacial score (nSPS) is 30.5. The molecule has 13 heavy (non-hydrogen) atoms. The Morgan fingerprint density at radius 2 is 1.92 bits per heavy atom. The van der Waals surface area contributed by atoms with Gasteiger partial charge in [0.15, 0.2) is 0 Å². The summed E-state index contributed by atoms with van der Waals surface area (Å²) in [4.78, 5) is 4.35. The van der Waals surface area contributed by atoms with Gasteiger partial charge in [-0.2, -0.15) is 0 Å². The first-order valence-electron chi connectivity index (χ1n) is 4.60. The number of aryl methyl sites for hydroxylation is 2. The van der Waals surface area contributed by atoms with E-state index in [9.17, 15) is 0 Å². The highest BCUT2D eigenvalue weighted by atomic mass is 16.4. The van der Waals surface area contributed by atoms with Crippen molar-refractivity contribution in [3.8, 4) is 0 Å². The standard InChI is InChI=1S/C10H16N2O/c1-6-7(2)13-8(12-6)10(11)5-9(10,3)4/h5,11H2,1-4H3. The number of hydrogen-bond donors (Lipinski definition) is 1. The maximum absolute atomic E-state index is 6.17. The Balaban J connectivity index is 2.38. The van der Waals surface area contributed by atoms with Crippen molar-refractivity contribution in [1.82, 2.24) is 4.98 Å². The molecule has 1 atom stereocenters. The van der Waals surface area contributed by atoms with E-state index in [2.05, 4.69) is 18.8 Å². The van der Waals surface area contributed by atoms with Gasteiger partial charge in [-0.25, -0.2) is 4.98 Å². The fourth-order valence-corrected chi connectivity index (χ4v) is 1.68. The highest BCUT2D eigenvalue weighted by molar-refractivity contribution is 5.25. The summed E-state index contributed by atoms with van der Waals surface area (Å²) in [7, 11) is 0. The summed E-state index contributed by atoms with van der Waals surface area (Å²) in [6.45, 7) is 8.15. The van der Waals surface area contributed by atoms with E-state index >= 15 is 0 Å². The molecule has 1 aliphatic carbocycles. The Morgan fingerprint density at radius 3 is 2.23 bits per heavy atom. The quantitative estimate of drug-likeness (QED) is 0.717. The zero-order valence-electron chi connectivity index (χ0n) is 8.64. The fraction of sp³-hybridized carbons (Fsp3) is 0.700. The number of oxazole rings is 1. The number of nitrogens with two attached hydrogens (primary N) is 1. The third-order valence-corrected chi connectivity index (χ3v) is 3.21. The molecule has 1 heterocycles. The summed E-state index contributed by atoms with van der Waals surface area (Å²) in [6, 6.07) is 0. The van der Waals surface area contributed by atoms with Gasteiger partial charge in [-0.15, -0.1) is 0 Å². The summed E-state index contributed by atoms with van der Waals surface area (Å²) < 4.78 is 5.54. The predicted octanol–water partition coefficient (Wildman–Crippen LogP) is 1.88. The van der Waals surface area contributed by atoms with Crippen LogP contribution in [-0.4, -0.2) is 4.98 Å². The zero-order chi connectivity index (χ0) is 9.85. The molecule has 0 aromatic carbocycles. The van der Waals surface area contributed by atoms with Crippen LogP contribution in [0.3, 0.4) is 0 Å². The van der Waals surface area contributed by atoms with Gasteiger partial charge in [-0.1, -0.05) is 13.8 Å². The average molecular weight is 180 g/mol. The molecule has 0 saturated heterocycles. The number of aromatic nitrogens is 1. The molecule has 1 aromatic heterocycles. The molecule has 1 unspecified atom stereocenters. The van der Waals surface area contributed by atoms with Gasteiger partial charge in [-0.05, 0) is 25.7 Å². The third-order valence-electron chi connectivity index (χ3n) is 3.21. The molecule has 72 valence electrons. The molecular formula is C10H16N2O. The van der Waals surface area contributed by atoms with E-state index in [1.54, 1.807) is 0 Å². The average Bonchev–Trinajstić information content (AvgIpc) is 2.34. The van der Waals surface area contributed by atoms with Gasteiger partial charge in [0.2, 0.25) is 5.89 Å². The molecule has 0 aliphatic heterocycles. The van der Waals surface area contributed by atoms with Crippen molar-refractivity contribution in [3.63, 3.8) is 0 Å². The second-order valence-corrected chi connectivity index (χ2v) is 4.69. The summed E-state index contributed by atoms with van der Waals surface area (Å²) in [5.41, 5.74) is 6.93. The van der Waals surface area contributed by atoms with E-state index in [-0.39, 0.29) is 11.0 Å². The first-order valence-corrected chi connectivity index (χ1v) is 4.60. The molecule has 1 saturated carbocycles. The van der Waals surface area contributed by atoms with Gasteiger partial charge >= 0.3 is 0 Å². The van der Waals surface area contributed by atoms with Gasteiger partial charge in [0.25, 0.3) is 0 Å². The molecule has 3 heteroatoms. The number of rotatable bonds is 1. The molecule has 0 amide bonds. The Kier molecular flexibility index (Phi) is 1.45. The minimum atomic E-state index is -0.327. The van der Waals surface area contributed by atoms with Crippen LogP contribution in [0.15, 0.2) is 4.42 Å². The maximum Gasteiger partial charge on any atom is 0.215 e. The van der Waals surface area contributed by atoms with Crippen LogP contribution in [0.2, 0.25) is 0 Å². The first kappa shape index (κ1) is 8.75. The minimum absolute atomic E-state index is 0.136. The van der Waals surface area contributed by atoms with E-state index in [1.165, 1.54) is 0 Å². The van der Waals surface area contributed by atoms with E-state index in [0.29, 0.717) is 5.89 Å². The maximum atomic E-state index is 6.17. The van der Waals surface area contributed by atoms with Crippen LogP contribution in [0.4, 0.5) is 0 Å². The molecule has 0 bridgehead atoms. The molecular weight excluding hydrogens is 164 g/mol. The fourth-order valence-electron chi connectivity index (χ4n) is 1.68. The summed E-state index contributed by atoms with van der Waals surface area (Å²) >= 11 is 0. The highest BCUT2D eigenvalue weighted by Crippen LogP contribution is 2.60. The first-order chi connectivity index (χ1) is 5.87. The van der Waals surface area contributed by atoms with E-state index in [4.69, 9.17) is 10.2 Å². The van der Waals surface area contributed by atoms with Crippen molar-refractivity contribution < 1.29 is 4.42 Å². The van der Waals surface area contributed by atoms with E-state index in [1.807, 2.05) is 13.8 Å². The largest absolute Gasteiger partial charge is 0.444 e. The van der Waals surface area contributed by atoms with Gasteiger partial charge < -0.3 is 10.2 Å². The van der Waals surface area contributed by atoms with Crippen molar-refractivity contribution in [3.05, 3.63) is 17.3 Å². The van der Waals surface area contributed by atoms with Crippen LogP contribution in [0.25, 0.3) is 0 Å². The lowest BCUT2D eigenvalue weighted by atomic mass is 10.1. The molecule has 0 spiro atoms. The molecule has 1 fully saturated rings. The highest BCUT2D eigenvalue weighted by Gasteiger charge is 2.63. The van der Waals surface area contributed by atoms with Crippen LogP contribution in [-0.2, 0) is 5.54 Å². The van der Waals surface area contributed by atoms with Crippen molar-refractivity contribution in [2.75, 3.05) is 0 Å². The molecule has 2 N–H and O–H groups in total. The van der Waals surface area contributed by atoms with Crippen molar-refractivity contribution >= 4 is 0 Å². The van der Waals surface area contributed by atoms with Crippen molar-refractivity contribution in [2.45, 2.75) is 39.7 Å². The molecule has 1 aliphatic rings. The third kappa shape index (κ3) is 1.03. The summed E-state index contributed by atoms with van der Waals surface area (Å²) in [5.74, 6) is 1.58. The lowest BCUT2D eigenvalue weighted by Gasteiger charge is -2.09. The Hall–Kier alpha value is -0.830. The topological polar surface area (TPSA) is 52.0 Å². The summed E-state index contributed by atoms with van der Waals surface area (Å²) in [6.07, 6.45) is 0.958. The van der Waals surface area contributed by atoms with Crippen LogP contribution >= 0.6 is 0 Å². The van der Waals surface area contributed by atoms with Gasteiger partial charge in [-0.3, -0.25) is 0 Å². The van der Waals surface area contributed by atoms with E-state index in [0.717, 1.165) is 17.9 Å². The monoisotopic (exact) mass is 180 g/mol. The lowest BCUT2D eigenvalue weighted by molar-refractivity contribution is 0.375. The second-order valence-electron chi connectivity index (χ2n) is 4.69.